The van der Waals surface area contributed by atoms with Crippen LogP contribution in [-0.4, -0.2) is 48.7 Å². The number of methoxy groups -OCH3 is 3. The van der Waals surface area contributed by atoms with Crippen LogP contribution in [0.3, 0.4) is 0 Å². The number of amides is 1. The van der Waals surface area contributed by atoms with E-state index in [1.807, 2.05) is 25.1 Å². The summed E-state index contributed by atoms with van der Waals surface area (Å²) in [5.41, 5.74) is 2.27. The van der Waals surface area contributed by atoms with E-state index in [0.717, 1.165) is 15.4 Å². The second kappa shape index (κ2) is 12.3. The molecule has 0 radical (unpaired) electrons. The molecule has 1 N–H and O–H groups in total. The number of benzene rings is 3. The Balaban J connectivity index is 1.71. The van der Waals surface area contributed by atoms with Crippen molar-refractivity contribution in [1.29, 1.82) is 0 Å². The molecule has 0 aliphatic carbocycles. The van der Waals surface area contributed by atoms with Gasteiger partial charge in [-0.2, -0.15) is 0 Å². The highest BCUT2D eigenvalue weighted by Crippen LogP contribution is 2.32. The molecule has 0 unspecified atom stereocenters. The molecule has 0 saturated heterocycles. The predicted octanol–water partition coefficient (Wildman–Crippen LogP) is 3.97. The summed E-state index contributed by atoms with van der Waals surface area (Å²) in [6, 6.07) is 18.9. The van der Waals surface area contributed by atoms with Gasteiger partial charge in [0.25, 0.3) is 10.0 Å². The Kier molecular flexibility index (Phi) is 9.19. The number of aryl methyl sites for hydroxylation is 2. The van der Waals surface area contributed by atoms with Crippen LogP contribution in [0.15, 0.2) is 71.6 Å². The van der Waals surface area contributed by atoms with Gasteiger partial charge >= 0.3 is 0 Å². The van der Waals surface area contributed by atoms with E-state index >= 15 is 0 Å². The van der Waals surface area contributed by atoms with E-state index < -0.39 is 15.9 Å². The second-order valence-electron chi connectivity index (χ2n) is 8.14. The van der Waals surface area contributed by atoms with Gasteiger partial charge in [-0.3, -0.25) is 9.10 Å². The Morgan fingerprint density at radius 2 is 1.53 bits per heavy atom. The topological polar surface area (TPSA) is 94.2 Å². The first-order valence-corrected chi connectivity index (χ1v) is 12.9. The van der Waals surface area contributed by atoms with Crippen molar-refractivity contribution < 1.29 is 27.4 Å². The summed E-state index contributed by atoms with van der Waals surface area (Å²) < 4.78 is 44.1. The maximum atomic E-state index is 13.5. The van der Waals surface area contributed by atoms with Gasteiger partial charge in [-0.25, -0.2) is 8.42 Å². The summed E-state index contributed by atoms with van der Waals surface area (Å²) in [4.78, 5) is 13.0. The lowest BCUT2D eigenvalue weighted by Gasteiger charge is -2.25. The molecule has 0 aromatic heterocycles. The number of para-hydroxylation sites is 2. The first-order valence-electron chi connectivity index (χ1n) is 11.5. The van der Waals surface area contributed by atoms with Gasteiger partial charge in [0.15, 0.2) is 11.5 Å². The highest BCUT2D eigenvalue weighted by atomic mass is 32.2. The minimum absolute atomic E-state index is 0.0975. The molecule has 9 heteroatoms. The van der Waals surface area contributed by atoms with Crippen LogP contribution in [0.5, 0.6) is 17.2 Å². The largest absolute Gasteiger partial charge is 0.495 e. The Bertz CT molecular complexity index is 1280. The molecule has 3 aromatic carbocycles. The number of anilines is 1. The fraction of sp³-hybridized carbons (Fsp3) is 0.296. The molecule has 3 aromatic rings. The highest BCUT2D eigenvalue weighted by molar-refractivity contribution is 7.92. The van der Waals surface area contributed by atoms with Crippen molar-refractivity contribution in [2.45, 2.75) is 24.7 Å². The number of ether oxygens (including phenoxy) is 3. The van der Waals surface area contributed by atoms with Gasteiger partial charge in [0.05, 0.1) is 31.9 Å². The maximum absolute atomic E-state index is 13.5. The predicted molar refractivity (Wildman–Crippen MR) is 140 cm³/mol. The molecule has 0 atom stereocenters. The lowest BCUT2D eigenvalue weighted by atomic mass is 10.1. The summed E-state index contributed by atoms with van der Waals surface area (Å²) in [6.45, 7) is 1.88. The van der Waals surface area contributed by atoms with Crippen LogP contribution < -0.4 is 23.8 Å². The number of sulfonamides is 1. The fourth-order valence-corrected chi connectivity index (χ4v) is 5.15. The fourth-order valence-electron chi connectivity index (χ4n) is 3.72. The molecular weight excluding hydrogens is 480 g/mol. The number of carbonyl (C=O) groups is 1. The molecule has 0 spiro atoms. The smallest absolute Gasteiger partial charge is 0.264 e. The van der Waals surface area contributed by atoms with E-state index in [2.05, 4.69) is 5.32 Å². The van der Waals surface area contributed by atoms with E-state index in [0.29, 0.717) is 42.3 Å². The molecule has 0 aliphatic heterocycles. The molecule has 36 heavy (non-hydrogen) atoms. The summed E-state index contributed by atoms with van der Waals surface area (Å²) >= 11 is 0. The quantitative estimate of drug-likeness (QED) is 0.369. The van der Waals surface area contributed by atoms with Crippen LogP contribution in [0.2, 0.25) is 0 Å². The Morgan fingerprint density at radius 1 is 0.861 bits per heavy atom. The number of nitrogens with zero attached hydrogens (tertiary/aromatic N) is 1. The maximum Gasteiger partial charge on any atom is 0.264 e. The van der Waals surface area contributed by atoms with E-state index in [1.165, 1.54) is 19.2 Å². The molecular formula is C27H32N2O6S. The van der Waals surface area contributed by atoms with E-state index in [9.17, 15) is 13.2 Å². The minimum atomic E-state index is -4.02. The van der Waals surface area contributed by atoms with Gasteiger partial charge in [0.2, 0.25) is 5.91 Å². The molecule has 0 aliphatic rings. The molecule has 192 valence electrons. The molecule has 1 amide bonds. The first-order chi connectivity index (χ1) is 17.3. The number of rotatable bonds is 12. The SMILES string of the molecule is COc1ccc(CCCNC(=O)CN(c2ccccc2OC)S(=O)(=O)c2ccc(C)cc2)cc1OC. The lowest BCUT2D eigenvalue weighted by molar-refractivity contribution is -0.119. The first kappa shape index (κ1) is 26.9. The normalized spacial score (nSPS) is 11.0. The van der Waals surface area contributed by atoms with Gasteiger partial charge in [-0.05, 0) is 61.7 Å². The number of carbonyl (C=O) groups excluding carboxylic acids is 1. The van der Waals surface area contributed by atoms with Gasteiger partial charge < -0.3 is 19.5 Å². The van der Waals surface area contributed by atoms with Crippen molar-refractivity contribution in [2.75, 3.05) is 38.7 Å². The zero-order valence-corrected chi connectivity index (χ0v) is 21.8. The van der Waals surface area contributed by atoms with Crippen molar-refractivity contribution in [3.63, 3.8) is 0 Å². The molecule has 8 nitrogen and oxygen atoms in total. The summed E-state index contributed by atoms with van der Waals surface area (Å²) in [6.07, 6.45) is 1.37. The average molecular weight is 513 g/mol. The van der Waals surface area contributed by atoms with Crippen LogP contribution in [0.1, 0.15) is 17.5 Å². The molecule has 3 rings (SSSR count). The van der Waals surface area contributed by atoms with Crippen LogP contribution in [-0.2, 0) is 21.2 Å². The zero-order valence-electron chi connectivity index (χ0n) is 21.0. The zero-order chi connectivity index (χ0) is 26.1. The lowest BCUT2D eigenvalue weighted by Crippen LogP contribution is -2.41. The summed E-state index contributed by atoms with van der Waals surface area (Å²) in [7, 11) is 0.609. The summed E-state index contributed by atoms with van der Waals surface area (Å²) in [5.74, 6) is 1.24. The van der Waals surface area contributed by atoms with Crippen LogP contribution in [0.4, 0.5) is 5.69 Å². The Labute approximate surface area is 212 Å². The van der Waals surface area contributed by atoms with Crippen LogP contribution in [0, 0.1) is 6.92 Å². The van der Waals surface area contributed by atoms with E-state index in [4.69, 9.17) is 14.2 Å². The summed E-state index contributed by atoms with van der Waals surface area (Å²) in [5, 5.41) is 2.83. The van der Waals surface area contributed by atoms with E-state index in [-0.39, 0.29) is 11.4 Å². The van der Waals surface area contributed by atoms with Gasteiger partial charge in [-0.1, -0.05) is 35.9 Å². The third-order valence-corrected chi connectivity index (χ3v) is 7.44. The van der Waals surface area contributed by atoms with Crippen LogP contribution in [0.25, 0.3) is 0 Å². The monoisotopic (exact) mass is 512 g/mol. The van der Waals surface area contributed by atoms with E-state index in [1.54, 1.807) is 50.6 Å². The standard InChI is InChI=1S/C27H32N2O6S/c1-20-11-14-22(15-12-20)36(31,32)29(23-9-5-6-10-24(23)33-2)19-27(30)28-17-7-8-21-13-16-25(34-3)26(18-21)35-4/h5-6,9-16,18H,7-8,17,19H2,1-4H3,(H,28,30). The highest BCUT2D eigenvalue weighted by Gasteiger charge is 2.29. The Morgan fingerprint density at radius 3 is 2.19 bits per heavy atom. The number of hydrogen-bond donors (Lipinski definition) is 1. The molecule has 0 bridgehead atoms. The van der Waals surface area contributed by atoms with Crippen molar-refractivity contribution in [3.05, 3.63) is 77.9 Å². The van der Waals surface area contributed by atoms with Crippen LogP contribution >= 0.6 is 0 Å². The number of nitrogens with one attached hydrogen (secondary N) is 1. The van der Waals surface area contributed by atoms with Crippen molar-refractivity contribution >= 4 is 21.6 Å². The van der Waals surface area contributed by atoms with Crippen molar-refractivity contribution in [3.8, 4) is 17.2 Å². The number of hydrogen-bond acceptors (Lipinski definition) is 6. The molecule has 0 fully saturated rings. The van der Waals surface area contributed by atoms with Gasteiger partial charge in [-0.15, -0.1) is 0 Å². The van der Waals surface area contributed by atoms with Crippen molar-refractivity contribution in [1.82, 2.24) is 5.32 Å². The van der Waals surface area contributed by atoms with Gasteiger partial charge in [0.1, 0.15) is 12.3 Å². The second-order valence-corrected chi connectivity index (χ2v) is 10.0. The third kappa shape index (κ3) is 6.48. The molecule has 0 heterocycles. The van der Waals surface area contributed by atoms with Crippen molar-refractivity contribution in [2.24, 2.45) is 0 Å². The van der Waals surface area contributed by atoms with Gasteiger partial charge in [0, 0.05) is 6.54 Å². The Hall–Kier alpha value is -3.72. The third-order valence-electron chi connectivity index (χ3n) is 5.66. The minimum Gasteiger partial charge on any atom is -0.495 e. The molecule has 0 saturated carbocycles. The average Bonchev–Trinajstić information content (AvgIpc) is 2.89.